The fourth-order valence-electron chi connectivity index (χ4n) is 1.55. The normalized spacial score (nSPS) is 10.5. The smallest absolute Gasteiger partial charge is 0.158 e. The van der Waals surface area contributed by atoms with E-state index in [1.165, 1.54) is 0 Å². The van der Waals surface area contributed by atoms with E-state index in [-0.39, 0.29) is 0 Å². The van der Waals surface area contributed by atoms with Gasteiger partial charge in [-0.3, -0.25) is 0 Å². The Morgan fingerprint density at radius 2 is 2.24 bits per heavy atom. The number of nitrogens with zero attached hydrogens (tertiary/aromatic N) is 4. The highest BCUT2D eigenvalue weighted by Crippen LogP contribution is 2.17. The summed E-state index contributed by atoms with van der Waals surface area (Å²) < 4.78 is 6.97. The Hall–Kier alpha value is -1.95. The van der Waals surface area contributed by atoms with Gasteiger partial charge in [-0.1, -0.05) is 0 Å². The summed E-state index contributed by atoms with van der Waals surface area (Å²) in [6.45, 7) is 0.382. The highest BCUT2D eigenvalue weighted by Gasteiger charge is 2.09. The van der Waals surface area contributed by atoms with Crippen LogP contribution >= 0.6 is 0 Å². The van der Waals surface area contributed by atoms with Crippen LogP contribution in [0.5, 0.6) is 0 Å². The molecule has 0 unspecified atom stereocenters. The predicted molar refractivity (Wildman–Crippen MR) is 64.5 cm³/mol. The lowest BCUT2D eigenvalue weighted by atomic mass is 10.3. The summed E-state index contributed by atoms with van der Waals surface area (Å²) in [5.41, 5.74) is 0.781. The van der Waals surface area contributed by atoms with Gasteiger partial charge >= 0.3 is 0 Å². The Labute approximate surface area is 99.7 Å². The molecule has 0 radical (unpaired) electrons. The first-order chi connectivity index (χ1) is 8.24. The molecule has 0 fully saturated rings. The van der Waals surface area contributed by atoms with Gasteiger partial charge in [0.15, 0.2) is 11.6 Å². The molecular formula is C11H15N5O. The number of methoxy groups -OCH3 is 1. The molecule has 0 saturated carbocycles. The second-order valence-electron chi connectivity index (χ2n) is 3.60. The molecule has 0 amide bonds. The second kappa shape index (κ2) is 4.92. The lowest BCUT2D eigenvalue weighted by Crippen LogP contribution is -2.04. The Kier molecular flexibility index (Phi) is 3.34. The molecule has 0 bridgehead atoms. The first kappa shape index (κ1) is 11.5. The van der Waals surface area contributed by atoms with Crippen molar-refractivity contribution in [2.24, 2.45) is 7.05 Å². The van der Waals surface area contributed by atoms with Gasteiger partial charge in [0.2, 0.25) is 0 Å². The minimum absolute atomic E-state index is 0.382. The second-order valence-corrected chi connectivity index (χ2v) is 3.60. The van der Waals surface area contributed by atoms with Crippen LogP contribution < -0.4 is 5.32 Å². The quantitative estimate of drug-likeness (QED) is 0.855. The van der Waals surface area contributed by atoms with Gasteiger partial charge in [-0.2, -0.15) is 0 Å². The monoisotopic (exact) mass is 233 g/mol. The van der Waals surface area contributed by atoms with Crippen molar-refractivity contribution in [3.63, 3.8) is 0 Å². The van der Waals surface area contributed by atoms with Crippen molar-refractivity contribution >= 4 is 5.82 Å². The summed E-state index contributed by atoms with van der Waals surface area (Å²) in [7, 11) is 5.37. The molecule has 17 heavy (non-hydrogen) atoms. The van der Waals surface area contributed by atoms with Crippen LogP contribution in [0.15, 0.2) is 18.5 Å². The van der Waals surface area contributed by atoms with E-state index in [0.717, 1.165) is 17.3 Å². The summed E-state index contributed by atoms with van der Waals surface area (Å²) in [6, 6.07) is 1.86. The Bertz CT molecular complexity index is 508. The summed E-state index contributed by atoms with van der Waals surface area (Å²) in [4.78, 5) is 13.0. The molecule has 0 aliphatic carbocycles. The average Bonchev–Trinajstić information content (AvgIpc) is 2.75. The van der Waals surface area contributed by atoms with Gasteiger partial charge in [-0.05, 0) is 0 Å². The van der Waals surface area contributed by atoms with E-state index < -0.39 is 0 Å². The number of hydrogen-bond donors (Lipinski definition) is 1. The summed E-state index contributed by atoms with van der Waals surface area (Å²) in [5, 5.41) is 3.00. The van der Waals surface area contributed by atoms with Crippen LogP contribution in [0.25, 0.3) is 11.5 Å². The third-order valence-electron chi connectivity index (χ3n) is 2.35. The Balaban J connectivity index is 2.46. The average molecular weight is 233 g/mol. The van der Waals surface area contributed by atoms with E-state index >= 15 is 0 Å². The number of nitrogens with one attached hydrogen (secondary N) is 1. The molecule has 90 valence electrons. The maximum absolute atomic E-state index is 5.05. The van der Waals surface area contributed by atoms with Crippen molar-refractivity contribution < 1.29 is 4.74 Å². The number of aromatic nitrogens is 4. The molecule has 2 heterocycles. The number of hydrogen-bond acceptors (Lipinski definition) is 5. The van der Waals surface area contributed by atoms with Gasteiger partial charge in [0.1, 0.15) is 18.1 Å². The van der Waals surface area contributed by atoms with Crippen molar-refractivity contribution in [1.29, 1.82) is 0 Å². The number of anilines is 1. The highest BCUT2D eigenvalue weighted by molar-refractivity contribution is 5.55. The Morgan fingerprint density at radius 1 is 1.41 bits per heavy atom. The van der Waals surface area contributed by atoms with E-state index in [1.807, 2.05) is 30.9 Å². The van der Waals surface area contributed by atoms with Crippen LogP contribution in [0.2, 0.25) is 0 Å². The molecule has 0 spiro atoms. The molecule has 2 aromatic heterocycles. The van der Waals surface area contributed by atoms with Crippen LogP contribution in [0.3, 0.4) is 0 Å². The molecule has 6 nitrogen and oxygen atoms in total. The van der Waals surface area contributed by atoms with Gasteiger partial charge in [-0.15, -0.1) is 0 Å². The molecule has 0 saturated heterocycles. The molecule has 2 aromatic rings. The minimum atomic E-state index is 0.382. The maximum atomic E-state index is 5.05. The fraction of sp³-hybridized carbons (Fsp3) is 0.364. The van der Waals surface area contributed by atoms with E-state index in [1.54, 1.807) is 13.3 Å². The number of rotatable bonds is 4. The molecule has 0 aromatic carbocycles. The minimum Gasteiger partial charge on any atom is -0.377 e. The lowest BCUT2D eigenvalue weighted by molar-refractivity contribution is 0.178. The zero-order valence-corrected chi connectivity index (χ0v) is 10.1. The molecule has 0 aliphatic rings. The molecule has 6 heteroatoms. The first-order valence-electron chi connectivity index (χ1n) is 5.27. The van der Waals surface area contributed by atoms with Gasteiger partial charge in [-0.25, -0.2) is 15.0 Å². The highest BCUT2D eigenvalue weighted by atomic mass is 16.5. The van der Waals surface area contributed by atoms with Crippen LogP contribution in [0, 0.1) is 0 Å². The van der Waals surface area contributed by atoms with E-state index in [9.17, 15) is 0 Å². The van der Waals surface area contributed by atoms with E-state index in [2.05, 4.69) is 20.3 Å². The lowest BCUT2D eigenvalue weighted by Gasteiger charge is -2.07. The molecular weight excluding hydrogens is 218 g/mol. The van der Waals surface area contributed by atoms with Crippen molar-refractivity contribution in [1.82, 2.24) is 19.5 Å². The molecule has 2 rings (SSSR count). The van der Waals surface area contributed by atoms with Crippen LogP contribution in [-0.4, -0.2) is 33.7 Å². The van der Waals surface area contributed by atoms with E-state index in [0.29, 0.717) is 12.4 Å². The topological polar surface area (TPSA) is 64.9 Å². The number of aryl methyl sites for hydroxylation is 1. The Morgan fingerprint density at radius 3 is 2.82 bits per heavy atom. The summed E-state index contributed by atoms with van der Waals surface area (Å²) in [6.07, 6.45) is 3.62. The standard InChI is InChI=1S/C11H15N5O/c1-12-9-6-8(11-13-4-5-16(11)2)14-10(15-9)7-17-3/h4-6H,7H2,1-3H3,(H,12,14,15). The SMILES string of the molecule is CNc1cc(-c2nccn2C)nc(COC)n1. The molecule has 0 aliphatic heterocycles. The summed E-state index contributed by atoms with van der Waals surface area (Å²) in [5.74, 6) is 2.20. The molecule has 0 atom stereocenters. The zero-order chi connectivity index (χ0) is 12.3. The van der Waals surface area contributed by atoms with Crippen molar-refractivity contribution in [2.75, 3.05) is 19.5 Å². The maximum Gasteiger partial charge on any atom is 0.158 e. The fourth-order valence-corrected chi connectivity index (χ4v) is 1.55. The first-order valence-corrected chi connectivity index (χ1v) is 5.27. The van der Waals surface area contributed by atoms with Gasteiger partial charge in [0.05, 0.1) is 0 Å². The van der Waals surface area contributed by atoms with Crippen LogP contribution in [0.1, 0.15) is 5.82 Å². The number of ether oxygens (including phenoxy) is 1. The van der Waals surface area contributed by atoms with E-state index in [4.69, 9.17) is 4.74 Å². The van der Waals surface area contributed by atoms with Gasteiger partial charge in [0, 0.05) is 39.7 Å². The van der Waals surface area contributed by atoms with Gasteiger partial charge in [0.25, 0.3) is 0 Å². The zero-order valence-electron chi connectivity index (χ0n) is 10.1. The third kappa shape index (κ3) is 2.42. The summed E-state index contributed by atoms with van der Waals surface area (Å²) >= 11 is 0. The van der Waals surface area contributed by atoms with Crippen molar-refractivity contribution in [3.05, 3.63) is 24.3 Å². The van der Waals surface area contributed by atoms with Crippen LogP contribution in [-0.2, 0) is 18.4 Å². The van der Waals surface area contributed by atoms with Crippen molar-refractivity contribution in [3.8, 4) is 11.5 Å². The molecule has 1 N–H and O–H groups in total. The van der Waals surface area contributed by atoms with Gasteiger partial charge < -0.3 is 14.6 Å². The third-order valence-corrected chi connectivity index (χ3v) is 2.35. The largest absolute Gasteiger partial charge is 0.377 e. The predicted octanol–water partition coefficient (Wildman–Crippen LogP) is 1.07. The number of imidazole rings is 1. The van der Waals surface area contributed by atoms with Crippen LogP contribution in [0.4, 0.5) is 5.82 Å². The van der Waals surface area contributed by atoms with Crippen molar-refractivity contribution in [2.45, 2.75) is 6.61 Å².